The van der Waals surface area contributed by atoms with E-state index in [2.05, 4.69) is 20.3 Å². The van der Waals surface area contributed by atoms with Crippen molar-refractivity contribution in [1.29, 1.82) is 0 Å². The molecule has 0 saturated carbocycles. The van der Waals surface area contributed by atoms with Crippen molar-refractivity contribution in [2.75, 3.05) is 12.4 Å². The van der Waals surface area contributed by atoms with Gasteiger partial charge in [-0.3, -0.25) is 0 Å². The van der Waals surface area contributed by atoms with E-state index in [9.17, 15) is 0 Å². The molecular formula is C14H18N4O2. The van der Waals surface area contributed by atoms with Crippen molar-refractivity contribution in [3.8, 4) is 11.8 Å². The summed E-state index contributed by atoms with van der Waals surface area (Å²) in [6.07, 6.45) is 3.28. The molecule has 0 aromatic carbocycles. The van der Waals surface area contributed by atoms with E-state index in [0.717, 1.165) is 5.56 Å². The maximum absolute atomic E-state index is 5.52. The van der Waals surface area contributed by atoms with Gasteiger partial charge in [-0.25, -0.2) is 15.0 Å². The Hall–Kier alpha value is -2.37. The van der Waals surface area contributed by atoms with E-state index in [-0.39, 0.29) is 6.10 Å². The molecule has 0 fully saturated rings. The van der Waals surface area contributed by atoms with E-state index in [1.165, 1.54) is 6.33 Å². The standard InChI is InChI=1S/C14H18N4O2/c1-10(2)20-14-7-12(17-9-18-14)16-8-11-4-5-15-13(6-11)19-3/h4-7,9-10H,8H2,1-3H3,(H,16,17,18). The van der Waals surface area contributed by atoms with Crippen LogP contribution in [0.2, 0.25) is 0 Å². The fraction of sp³-hybridized carbons (Fsp3) is 0.357. The van der Waals surface area contributed by atoms with Gasteiger partial charge < -0.3 is 14.8 Å². The molecule has 20 heavy (non-hydrogen) atoms. The first kappa shape index (κ1) is 14.0. The second-order valence-corrected chi connectivity index (χ2v) is 4.47. The summed E-state index contributed by atoms with van der Waals surface area (Å²) in [7, 11) is 1.60. The lowest BCUT2D eigenvalue weighted by molar-refractivity contribution is 0.232. The van der Waals surface area contributed by atoms with Crippen LogP contribution >= 0.6 is 0 Å². The minimum Gasteiger partial charge on any atom is -0.481 e. The van der Waals surface area contributed by atoms with Crippen molar-refractivity contribution in [1.82, 2.24) is 15.0 Å². The Morgan fingerprint density at radius 1 is 1.15 bits per heavy atom. The van der Waals surface area contributed by atoms with Crippen molar-refractivity contribution in [2.45, 2.75) is 26.5 Å². The van der Waals surface area contributed by atoms with E-state index in [0.29, 0.717) is 24.1 Å². The smallest absolute Gasteiger partial charge is 0.218 e. The third-order valence-corrected chi connectivity index (χ3v) is 2.48. The van der Waals surface area contributed by atoms with Gasteiger partial charge in [-0.15, -0.1) is 0 Å². The number of pyridine rings is 1. The topological polar surface area (TPSA) is 69.2 Å². The molecule has 6 heteroatoms. The summed E-state index contributed by atoms with van der Waals surface area (Å²) in [5.74, 6) is 1.87. The molecule has 0 unspecified atom stereocenters. The van der Waals surface area contributed by atoms with Crippen LogP contribution in [0.15, 0.2) is 30.7 Å². The van der Waals surface area contributed by atoms with Gasteiger partial charge in [-0.05, 0) is 25.5 Å². The normalized spacial score (nSPS) is 10.4. The molecule has 1 N–H and O–H groups in total. The van der Waals surface area contributed by atoms with Crippen LogP contribution in [0.3, 0.4) is 0 Å². The van der Waals surface area contributed by atoms with E-state index in [1.807, 2.05) is 26.0 Å². The Labute approximate surface area is 118 Å². The maximum atomic E-state index is 5.52. The average molecular weight is 274 g/mol. The number of ether oxygens (including phenoxy) is 2. The SMILES string of the molecule is COc1cc(CNc2cc(OC(C)C)ncn2)ccn1. The minimum absolute atomic E-state index is 0.0854. The molecular weight excluding hydrogens is 256 g/mol. The zero-order valence-corrected chi connectivity index (χ0v) is 11.8. The highest BCUT2D eigenvalue weighted by atomic mass is 16.5. The third-order valence-electron chi connectivity index (χ3n) is 2.48. The van der Waals surface area contributed by atoms with Crippen molar-refractivity contribution in [2.24, 2.45) is 0 Å². The summed E-state index contributed by atoms with van der Waals surface area (Å²) in [6, 6.07) is 5.57. The van der Waals surface area contributed by atoms with Crippen molar-refractivity contribution in [3.63, 3.8) is 0 Å². The molecule has 0 aliphatic carbocycles. The van der Waals surface area contributed by atoms with Crippen molar-refractivity contribution in [3.05, 3.63) is 36.3 Å². The minimum atomic E-state index is 0.0854. The van der Waals surface area contributed by atoms with Crippen LogP contribution in [0, 0.1) is 0 Å². The van der Waals surface area contributed by atoms with Crippen LogP contribution < -0.4 is 14.8 Å². The number of methoxy groups -OCH3 is 1. The summed E-state index contributed by atoms with van der Waals surface area (Å²) in [4.78, 5) is 12.3. The Balaban J connectivity index is 1.99. The number of rotatable bonds is 6. The largest absolute Gasteiger partial charge is 0.481 e. The van der Waals surface area contributed by atoms with Gasteiger partial charge in [0.2, 0.25) is 11.8 Å². The van der Waals surface area contributed by atoms with Crippen LogP contribution in [0.4, 0.5) is 5.82 Å². The lowest BCUT2D eigenvalue weighted by Gasteiger charge is -2.10. The first-order chi connectivity index (χ1) is 9.67. The van der Waals surface area contributed by atoms with Gasteiger partial charge in [0.25, 0.3) is 0 Å². The van der Waals surface area contributed by atoms with Gasteiger partial charge in [0.1, 0.15) is 12.1 Å². The second kappa shape index (κ2) is 6.70. The predicted octanol–water partition coefficient (Wildman–Crippen LogP) is 2.28. The fourth-order valence-corrected chi connectivity index (χ4v) is 1.61. The number of aromatic nitrogens is 3. The molecule has 0 saturated heterocycles. The molecule has 106 valence electrons. The predicted molar refractivity (Wildman–Crippen MR) is 75.9 cm³/mol. The Morgan fingerprint density at radius 2 is 2.00 bits per heavy atom. The molecule has 0 radical (unpaired) electrons. The van der Waals surface area contributed by atoms with Gasteiger partial charge >= 0.3 is 0 Å². The van der Waals surface area contributed by atoms with Gasteiger partial charge in [-0.1, -0.05) is 0 Å². The first-order valence-electron chi connectivity index (χ1n) is 6.39. The zero-order chi connectivity index (χ0) is 14.4. The summed E-state index contributed by atoms with van der Waals surface area (Å²) in [6.45, 7) is 4.54. The highest BCUT2D eigenvalue weighted by Gasteiger charge is 2.03. The molecule has 0 spiro atoms. The van der Waals surface area contributed by atoms with E-state index >= 15 is 0 Å². The average Bonchev–Trinajstić information content (AvgIpc) is 2.45. The lowest BCUT2D eigenvalue weighted by Crippen LogP contribution is -2.08. The van der Waals surface area contributed by atoms with Gasteiger partial charge in [-0.2, -0.15) is 0 Å². The van der Waals surface area contributed by atoms with Crippen LogP contribution in [-0.4, -0.2) is 28.2 Å². The Morgan fingerprint density at radius 3 is 2.75 bits per heavy atom. The van der Waals surface area contributed by atoms with Crippen molar-refractivity contribution < 1.29 is 9.47 Å². The molecule has 0 aliphatic heterocycles. The number of nitrogens with zero attached hydrogens (tertiary/aromatic N) is 3. The second-order valence-electron chi connectivity index (χ2n) is 4.47. The number of anilines is 1. The highest BCUT2D eigenvalue weighted by Crippen LogP contribution is 2.14. The van der Waals surface area contributed by atoms with Crippen LogP contribution in [0.1, 0.15) is 19.4 Å². The van der Waals surface area contributed by atoms with Crippen molar-refractivity contribution >= 4 is 5.82 Å². The van der Waals surface area contributed by atoms with E-state index < -0.39 is 0 Å². The molecule has 2 aromatic heterocycles. The van der Waals surface area contributed by atoms with Crippen LogP contribution in [0.25, 0.3) is 0 Å². The lowest BCUT2D eigenvalue weighted by atomic mass is 10.2. The molecule has 0 atom stereocenters. The van der Waals surface area contributed by atoms with Gasteiger partial charge in [0, 0.05) is 24.9 Å². The molecule has 0 bridgehead atoms. The van der Waals surface area contributed by atoms with Gasteiger partial charge in [0.15, 0.2) is 0 Å². The maximum Gasteiger partial charge on any atom is 0.218 e. The summed E-state index contributed by atoms with van der Waals surface area (Å²) in [5.41, 5.74) is 1.06. The van der Waals surface area contributed by atoms with Gasteiger partial charge in [0.05, 0.1) is 13.2 Å². The fourth-order valence-electron chi connectivity index (χ4n) is 1.61. The monoisotopic (exact) mass is 274 g/mol. The van der Waals surface area contributed by atoms with E-state index in [1.54, 1.807) is 19.4 Å². The van der Waals surface area contributed by atoms with Crippen LogP contribution in [-0.2, 0) is 6.54 Å². The van der Waals surface area contributed by atoms with Crippen LogP contribution in [0.5, 0.6) is 11.8 Å². The summed E-state index contributed by atoms with van der Waals surface area (Å²) < 4.78 is 10.6. The molecule has 2 heterocycles. The Bertz CT molecular complexity index is 560. The molecule has 2 aromatic rings. The number of hydrogen-bond acceptors (Lipinski definition) is 6. The molecule has 0 amide bonds. The molecule has 6 nitrogen and oxygen atoms in total. The molecule has 0 aliphatic rings. The third kappa shape index (κ3) is 4.08. The highest BCUT2D eigenvalue weighted by molar-refractivity contribution is 5.38. The van der Waals surface area contributed by atoms with E-state index in [4.69, 9.17) is 9.47 Å². The summed E-state index contributed by atoms with van der Waals surface area (Å²) in [5, 5.41) is 3.21. The number of nitrogens with one attached hydrogen (secondary N) is 1. The molecule has 2 rings (SSSR count). The summed E-state index contributed by atoms with van der Waals surface area (Å²) >= 11 is 0. The quantitative estimate of drug-likeness (QED) is 0.871. The first-order valence-corrected chi connectivity index (χ1v) is 6.39. The number of hydrogen-bond donors (Lipinski definition) is 1. The zero-order valence-electron chi connectivity index (χ0n) is 11.8. The Kier molecular flexibility index (Phi) is 4.70.